The van der Waals surface area contributed by atoms with Crippen LogP contribution in [0.5, 0.6) is 5.75 Å². The molecule has 0 spiro atoms. The molecule has 0 unspecified atom stereocenters. The second-order valence-electron chi connectivity index (χ2n) is 6.51. The van der Waals surface area contributed by atoms with Crippen LogP contribution in [0.25, 0.3) is 0 Å². The van der Waals surface area contributed by atoms with Crippen LogP contribution in [0, 0.1) is 0 Å². The number of carbonyl (C=O) groups excluding carboxylic acids is 2. The normalized spacial score (nSPS) is 15.9. The fourth-order valence-corrected chi connectivity index (χ4v) is 3.69. The number of para-hydroxylation sites is 2. The van der Waals surface area contributed by atoms with Gasteiger partial charge in [0.25, 0.3) is 0 Å². The van der Waals surface area contributed by atoms with Crippen LogP contribution in [0.15, 0.2) is 42.6 Å². The molecule has 8 heteroatoms. The first kappa shape index (κ1) is 18.1. The van der Waals surface area contributed by atoms with Crippen molar-refractivity contribution in [2.45, 2.75) is 13.8 Å². The number of rotatable bonds is 4. The topological polar surface area (TPSA) is 69.2 Å². The first-order valence-corrected chi connectivity index (χ1v) is 9.49. The third-order valence-corrected chi connectivity index (χ3v) is 4.97. The molecule has 1 aromatic carbocycles. The van der Waals surface area contributed by atoms with Crippen LogP contribution in [0.3, 0.4) is 0 Å². The minimum atomic E-state index is -0.222. The third-order valence-electron chi connectivity index (χ3n) is 4.97. The number of ether oxygens (including phenoxy) is 1. The molecule has 0 saturated carbocycles. The van der Waals surface area contributed by atoms with E-state index in [2.05, 4.69) is 4.98 Å². The molecule has 0 atom stereocenters. The SMILES string of the molecule is CCN1C(=O)N(CC(=O)N2CCOc3ccccc32)c2cccnc2N1CC. The molecule has 1 aromatic heterocycles. The lowest BCUT2D eigenvalue weighted by molar-refractivity contribution is -0.117. The summed E-state index contributed by atoms with van der Waals surface area (Å²) >= 11 is 0. The number of hydrogen-bond acceptors (Lipinski definition) is 5. The van der Waals surface area contributed by atoms with Crippen molar-refractivity contribution in [1.29, 1.82) is 0 Å². The van der Waals surface area contributed by atoms with Gasteiger partial charge in [0.2, 0.25) is 5.91 Å². The van der Waals surface area contributed by atoms with E-state index in [0.717, 1.165) is 5.69 Å². The van der Waals surface area contributed by atoms with E-state index < -0.39 is 0 Å². The summed E-state index contributed by atoms with van der Waals surface area (Å²) in [5.41, 5.74) is 1.38. The molecule has 0 fully saturated rings. The summed E-state index contributed by atoms with van der Waals surface area (Å²) in [5, 5.41) is 3.47. The minimum absolute atomic E-state index is 0.0556. The van der Waals surface area contributed by atoms with Crippen molar-refractivity contribution >= 4 is 29.1 Å². The standard InChI is InChI=1S/C20H23N5O3/c1-3-24-19-16(9-7-11-21-19)23(20(27)25(24)4-2)14-18(26)22-12-13-28-17-10-6-5-8-15(17)22/h5-11H,3-4,12-14H2,1-2H3. The molecule has 0 N–H and O–H groups in total. The number of pyridine rings is 1. The highest BCUT2D eigenvalue weighted by Crippen LogP contribution is 2.35. The van der Waals surface area contributed by atoms with Crippen molar-refractivity contribution in [2.75, 3.05) is 47.6 Å². The largest absolute Gasteiger partial charge is 0.490 e. The highest BCUT2D eigenvalue weighted by Gasteiger charge is 2.37. The second kappa shape index (κ2) is 7.38. The summed E-state index contributed by atoms with van der Waals surface area (Å²) in [7, 11) is 0. The first-order chi connectivity index (χ1) is 13.7. The smallest absolute Gasteiger partial charge is 0.343 e. The monoisotopic (exact) mass is 381 g/mol. The van der Waals surface area contributed by atoms with Crippen LogP contribution >= 0.6 is 0 Å². The third kappa shape index (κ3) is 2.90. The zero-order valence-electron chi connectivity index (χ0n) is 16.0. The average molecular weight is 381 g/mol. The summed E-state index contributed by atoms with van der Waals surface area (Å²) in [6.45, 7) is 5.82. The Morgan fingerprint density at radius 1 is 1.07 bits per heavy atom. The van der Waals surface area contributed by atoms with E-state index in [1.165, 1.54) is 4.90 Å². The van der Waals surface area contributed by atoms with Gasteiger partial charge in [0.15, 0.2) is 5.82 Å². The molecule has 3 heterocycles. The van der Waals surface area contributed by atoms with Gasteiger partial charge in [-0.15, -0.1) is 0 Å². The Labute approximate surface area is 163 Å². The number of aromatic nitrogens is 1. The Hall–Kier alpha value is -3.29. The molecule has 0 bridgehead atoms. The number of hydrogen-bond donors (Lipinski definition) is 0. The minimum Gasteiger partial charge on any atom is -0.490 e. The Morgan fingerprint density at radius 2 is 1.82 bits per heavy atom. The van der Waals surface area contributed by atoms with E-state index in [0.29, 0.717) is 43.5 Å². The lowest BCUT2D eigenvalue weighted by Crippen LogP contribution is -2.59. The van der Waals surface area contributed by atoms with Crippen LogP contribution in [-0.2, 0) is 4.79 Å². The number of nitrogens with zero attached hydrogens (tertiary/aromatic N) is 5. The van der Waals surface area contributed by atoms with Crippen molar-refractivity contribution in [3.63, 3.8) is 0 Å². The molecular formula is C20H23N5O3. The van der Waals surface area contributed by atoms with Gasteiger partial charge >= 0.3 is 6.03 Å². The van der Waals surface area contributed by atoms with Crippen LogP contribution < -0.4 is 19.5 Å². The molecule has 146 valence electrons. The van der Waals surface area contributed by atoms with Gasteiger partial charge in [-0.1, -0.05) is 12.1 Å². The summed E-state index contributed by atoms with van der Waals surface area (Å²) in [5.74, 6) is 1.21. The lowest BCUT2D eigenvalue weighted by Gasteiger charge is -2.43. The Morgan fingerprint density at radius 3 is 2.61 bits per heavy atom. The molecule has 2 aliphatic rings. The summed E-state index contributed by atoms with van der Waals surface area (Å²) in [4.78, 5) is 33.9. The number of hydrazine groups is 1. The van der Waals surface area contributed by atoms with Crippen molar-refractivity contribution in [2.24, 2.45) is 0 Å². The van der Waals surface area contributed by atoms with E-state index in [1.54, 1.807) is 22.2 Å². The van der Waals surface area contributed by atoms with Gasteiger partial charge in [0.05, 0.1) is 17.9 Å². The fraction of sp³-hybridized carbons (Fsp3) is 0.350. The van der Waals surface area contributed by atoms with Crippen molar-refractivity contribution in [3.8, 4) is 5.75 Å². The predicted molar refractivity (Wildman–Crippen MR) is 107 cm³/mol. The summed E-state index contributed by atoms with van der Waals surface area (Å²) < 4.78 is 5.63. The molecule has 28 heavy (non-hydrogen) atoms. The number of amides is 3. The van der Waals surface area contributed by atoms with Gasteiger partial charge in [-0.2, -0.15) is 0 Å². The zero-order valence-corrected chi connectivity index (χ0v) is 16.0. The van der Waals surface area contributed by atoms with Crippen LogP contribution in [0.2, 0.25) is 0 Å². The number of fused-ring (bicyclic) bond motifs is 2. The van der Waals surface area contributed by atoms with Gasteiger partial charge in [0.1, 0.15) is 18.9 Å². The number of benzene rings is 1. The zero-order chi connectivity index (χ0) is 19.7. The van der Waals surface area contributed by atoms with E-state index in [4.69, 9.17) is 4.74 Å². The van der Waals surface area contributed by atoms with Crippen LogP contribution in [0.4, 0.5) is 22.0 Å². The second-order valence-corrected chi connectivity index (χ2v) is 6.51. The van der Waals surface area contributed by atoms with E-state index in [9.17, 15) is 9.59 Å². The molecule has 4 rings (SSSR count). The fourth-order valence-electron chi connectivity index (χ4n) is 3.69. The number of anilines is 3. The molecule has 8 nitrogen and oxygen atoms in total. The van der Waals surface area contributed by atoms with Crippen molar-refractivity contribution in [1.82, 2.24) is 9.99 Å². The quantitative estimate of drug-likeness (QED) is 0.814. The Balaban J connectivity index is 1.66. The summed E-state index contributed by atoms with van der Waals surface area (Å²) in [6, 6.07) is 10.8. The predicted octanol–water partition coefficient (Wildman–Crippen LogP) is 2.51. The lowest BCUT2D eigenvalue weighted by atomic mass is 10.2. The maximum Gasteiger partial charge on any atom is 0.343 e. The van der Waals surface area contributed by atoms with Gasteiger partial charge < -0.3 is 9.64 Å². The molecule has 2 aliphatic heterocycles. The van der Waals surface area contributed by atoms with Crippen LogP contribution in [-0.4, -0.2) is 54.7 Å². The number of urea groups is 1. The van der Waals surface area contributed by atoms with Gasteiger partial charge in [-0.25, -0.2) is 14.8 Å². The first-order valence-electron chi connectivity index (χ1n) is 9.49. The number of carbonyl (C=O) groups is 2. The van der Waals surface area contributed by atoms with E-state index >= 15 is 0 Å². The van der Waals surface area contributed by atoms with Gasteiger partial charge in [-0.3, -0.25) is 14.7 Å². The Kier molecular flexibility index (Phi) is 4.77. The maximum absolute atomic E-state index is 13.2. The van der Waals surface area contributed by atoms with Crippen LogP contribution in [0.1, 0.15) is 13.8 Å². The summed E-state index contributed by atoms with van der Waals surface area (Å²) in [6.07, 6.45) is 1.70. The Bertz CT molecular complexity index is 903. The highest BCUT2D eigenvalue weighted by atomic mass is 16.5. The van der Waals surface area contributed by atoms with Crippen molar-refractivity contribution in [3.05, 3.63) is 42.6 Å². The van der Waals surface area contributed by atoms with Gasteiger partial charge in [0, 0.05) is 19.3 Å². The molecule has 2 aromatic rings. The molecule has 0 saturated heterocycles. The van der Waals surface area contributed by atoms with E-state index in [1.807, 2.05) is 49.2 Å². The maximum atomic E-state index is 13.2. The average Bonchev–Trinajstić information content (AvgIpc) is 2.74. The molecule has 0 radical (unpaired) electrons. The highest BCUT2D eigenvalue weighted by molar-refractivity contribution is 6.06. The molecule has 3 amide bonds. The molecular weight excluding hydrogens is 358 g/mol. The van der Waals surface area contributed by atoms with E-state index in [-0.39, 0.29) is 18.5 Å². The molecule has 0 aliphatic carbocycles. The van der Waals surface area contributed by atoms with Crippen molar-refractivity contribution < 1.29 is 14.3 Å². The van der Waals surface area contributed by atoms with Gasteiger partial charge in [-0.05, 0) is 38.1 Å².